The molecule has 2 N–H and O–H groups in total. The van der Waals surface area contributed by atoms with E-state index in [-0.39, 0.29) is 9.88 Å². The molecule has 0 aromatic heterocycles. The Labute approximate surface area is 133 Å². The third-order valence-corrected chi connectivity index (χ3v) is 5.96. The van der Waals surface area contributed by atoms with Crippen molar-refractivity contribution in [1.29, 1.82) is 0 Å². The van der Waals surface area contributed by atoms with E-state index in [1.54, 1.807) is 24.3 Å². The molecular weight excluding hydrogens is 304 g/mol. The minimum absolute atomic E-state index is 0.104. The summed E-state index contributed by atoms with van der Waals surface area (Å²) in [5.74, 6) is 0.358. The van der Waals surface area contributed by atoms with Crippen molar-refractivity contribution in [1.82, 2.24) is 4.31 Å². The molecule has 0 saturated heterocycles. The Hall–Kier alpha value is -0.980. The molecule has 0 atom stereocenters. The van der Waals surface area contributed by atoms with Gasteiger partial charge in [-0.3, -0.25) is 0 Å². The molecule has 1 rings (SSSR count). The lowest BCUT2D eigenvalue weighted by Crippen LogP contribution is -2.36. The molecular formula is C15H24N2O2S2. The van der Waals surface area contributed by atoms with Gasteiger partial charge < -0.3 is 5.73 Å². The average Bonchev–Trinajstić information content (AvgIpc) is 2.48. The summed E-state index contributed by atoms with van der Waals surface area (Å²) in [6, 6.07) is 6.66. The number of hydrogen-bond acceptors (Lipinski definition) is 3. The zero-order valence-corrected chi connectivity index (χ0v) is 14.5. The lowest BCUT2D eigenvalue weighted by atomic mass is 10.0. The van der Waals surface area contributed by atoms with Crippen molar-refractivity contribution >= 4 is 27.2 Å². The van der Waals surface area contributed by atoms with Crippen LogP contribution in [-0.2, 0) is 10.0 Å². The van der Waals surface area contributed by atoms with E-state index < -0.39 is 10.0 Å². The Kier molecular flexibility index (Phi) is 6.77. The fraction of sp³-hybridized carbons (Fsp3) is 0.533. The van der Waals surface area contributed by atoms with Crippen molar-refractivity contribution in [3.8, 4) is 0 Å². The van der Waals surface area contributed by atoms with E-state index >= 15 is 0 Å². The van der Waals surface area contributed by atoms with Crippen LogP contribution in [0, 0.1) is 5.92 Å². The average molecular weight is 329 g/mol. The highest BCUT2D eigenvalue weighted by molar-refractivity contribution is 7.89. The first-order valence-corrected chi connectivity index (χ1v) is 9.12. The maximum Gasteiger partial charge on any atom is 0.243 e. The molecule has 0 aliphatic heterocycles. The Morgan fingerprint density at radius 3 is 2.29 bits per heavy atom. The van der Waals surface area contributed by atoms with Crippen molar-refractivity contribution in [3.05, 3.63) is 29.8 Å². The molecule has 0 spiro atoms. The predicted molar refractivity (Wildman–Crippen MR) is 90.8 cm³/mol. The van der Waals surface area contributed by atoms with E-state index in [4.69, 9.17) is 18.0 Å². The van der Waals surface area contributed by atoms with Gasteiger partial charge in [0.05, 0.1) is 4.90 Å². The van der Waals surface area contributed by atoms with Gasteiger partial charge in [0, 0.05) is 18.7 Å². The molecule has 0 aliphatic carbocycles. The van der Waals surface area contributed by atoms with Crippen LogP contribution in [0.25, 0.3) is 0 Å². The second-order valence-electron chi connectivity index (χ2n) is 5.00. The van der Waals surface area contributed by atoms with Crippen LogP contribution >= 0.6 is 12.2 Å². The molecule has 21 heavy (non-hydrogen) atoms. The van der Waals surface area contributed by atoms with E-state index in [1.165, 1.54) is 4.31 Å². The number of hydrogen-bond donors (Lipinski definition) is 1. The molecule has 0 fully saturated rings. The van der Waals surface area contributed by atoms with Gasteiger partial charge in [-0.1, -0.05) is 64.0 Å². The minimum Gasteiger partial charge on any atom is -0.389 e. The summed E-state index contributed by atoms with van der Waals surface area (Å²) in [6.45, 7) is 6.97. The second kappa shape index (κ2) is 7.87. The highest BCUT2D eigenvalue weighted by atomic mass is 32.2. The van der Waals surface area contributed by atoms with Crippen LogP contribution in [0.1, 0.15) is 39.2 Å². The fourth-order valence-corrected chi connectivity index (χ4v) is 4.24. The van der Waals surface area contributed by atoms with Crippen LogP contribution < -0.4 is 5.73 Å². The summed E-state index contributed by atoms with van der Waals surface area (Å²) in [4.78, 5) is 0.304. The van der Waals surface area contributed by atoms with E-state index in [1.807, 2.05) is 6.92 Å². The molecule has 0 amide bonds. The molecule has 0 saturated carbocycles. The van der Waals surface area contributed by atoms with E-state index in [0.29, 0.717) is 24.6 Å². The molecule has 0 radical (unpaired) electrons. The summed E-state index contributed by atoms with van der Waals surface area (Å²) in [7, 11) is -3.58. The summed E-state index contributed by atoms with van der Waals surface area (Å²) in [6.07, 6.45) is 1.92. The molecule has 0 unspecified atom stereocenters. The quantitative estimate of drug-likeness (QED) is 0.745. The zero-order chi connectivity index (χ0) is 16.0. The SMILES string of the molecule is CCC(CC)CN(CC)S(=O)(=O)c1ccccc1C(N)=S. The monoisotopic (exact) mass is 328 g/mol. The van der Waals surface area contributed by atoms with Gasteiger partial charge in [0.2, 0.25) is 10.0 Å². The fourth-order valence-electron chi connectivity index (χ4n) is 2.27. The second-order valence-corrected chi connectivity index (χ2v) is 7.34. The largest absolute Gasteiger partial charge is 0.389 e. The smallest absolute Gasteiger partial charge is 0.243 e. The van der Waals surface area contributed by atoms with Crippen LogP contribution in [0.4, 0.5) is 0 Å². The summed E-state index contributed by atoms with van der Waals surface area (Å²) < 4.78 is 27.2. The first-order valence-electron chi connectivity index (χ1n) is 7.27. The molecule has 1 aromatic rings. The van der Waals surface area contributed by atoms with Gasteiger partial charge in [0.15, 0.2) is 0 Å². The molecule has 1 aromatic carbocycles. The van der Waals surface area contributed by atoms with E-state index in [0.717, 1.165) is 12.8 Å². The van der Waals surface area contributed by atoms with Crippen LogP contribution in [0.2, 0.25) is 0 Å². The van der Waals surface area contributed by atoms with Crippen LogP contribution in [0.15, 0.2) is 29.2 Å². The molecule has 6 heteroatoms. The normalized spacial score (nSPS) is 12.0. The van der Waals surface area contributed by atoms with Crippen LogP contribution in [0.5, 0.6) is 0 Å². The summed E-state index contributed by atoms with van der Waals surface area (Å²) >= 11 is 4.97. The lowest BCUT2D eigenvalue weighted by molar-refractivity contribution is 0.339. The first kappa shape index (κ1) is 18.1. The van der Waals surface area contributed by atoms with E-state index in [2.05, 4.69) is 13.8 Å². The number of nitrogens with zero attached hydrogens (tertiary/aromatic N) is 1. The number of thiocarbonyl (C=S) groups is 1. The van der Waals surface area contributed by atoms with Crippen LogP contribution in [0.3, 0.4) is 0 Å². The van der Waals surface area contributed by atoms with Crippen molar-refractivity contribution in [2.75, 3.05) is 13.1 Å². The predicted octanol–water partition coefficient (Wildman–Crippen LogP) is 2.77. The van der Waals surface area contributed by atoms with Gasteiger partial charge in [-0.15, -0.1) is 0 Å². The van der Waals surface area contributed by atoms with Crippen molar-refractivity contribution < 1.29 is 8.42 Å². The van der Waals surface area contributed by atoms with E-state index in [9.17, 15) is 8.42 Å². The first-order chi connectivity index (χ1) is 9.88. The van der Waals surface area contributed by atoms with Crippen LogP contribution in [-0.4, -0.2) is 30.8 Å². The topological polar surface area (TPSA) is 63.4 Å². The van der Waals surface area contributed by atoms with Crippen molar-refractivity contribution in [2.45, 2.75) is 38.5 Å². The van der Waals surface area contributed by atoms with Crippen molar-refractivity contribution in [2.24, 2.45) is 11.7 Å². The molecule has 0 heterocycles. The minimum atomic E-state index is -3.58. The zero-order valence-electron chi connectivity index (χ0n) is 12.9. The molecule has 0 bridgehead atoms. The summed E-state index contributed by atoms with van der Waals surface area (Å²) in [5, 5.41) is 0. The van der Waals surface area contributed by atoms with Gasteiger partial charge in [-0.2, -0.15) is 4.31 Å². The number of benzene rings is 1. The maximum atomic E-state index is 12.9. The molecule has 0 aliphatic rings. The van der Waals surface area contributed by atoms with Gasteiger partial charge in [-0.05, 0) is 12.0 Å². The molecule has 118 valence electrons. The Balaban J connectivity index is 3.22. The third-order valence-electron chi connectivity index (χ3n) is 3.74. The Bertz CT molecular complexity index is 581. The van der Waals surface area contributed by atoms with Gasteiger partial charge in [0.25, 0.3) is 0 Å². The number of nitrogens with two attached hydrogens (primary N) is 1. The van der Waals surface area contributed by atoms with Gasteiger partial charge >= 0.3 is 0 Å². The Morgan fingerprint density at radius 1 is 1.24 bits per heavy atom. The standard InChI is InChI=1S/C15H24N2O2S2/c1-4-12(5-2)11-17(6-3)21(18,19)14-10-8-7-9-13(14)15(16)20/h7-10,12H,4-6,11H2,1-3H3,(H2,16,20). The number of rotatable bonds is 8. The maximum absolute atomic E-state index is 12.9. The van der Waals surface area contributed by atoms with Crippen molar-refractivity contribution in [3.63, 3.8) is 0 Å². The molecule has 4 nitrogen and oxygen atoms in total. The number of sulfonamides is 1. The summed E-state index contributed by atoms with van der Waals surface area (Å²) in [5.41, 5.74) is 6.07. The van der Waals surface area contributed by atoms with Gasteiger partial charge in [0.1, 0.15) is 4.99 Å². The third kappa shape index (κ3) is 4.25. The lowest BCUT2D eigenvalue weighted by Gasteiger charge is -2.25. The highest BCUT2D eigenvalue weighted by Crippen LogP contribution is 2.22. The Morgan fingerprint density at radius 2 is 1.81 bits per heavy atom. The highest BCUT2D eigenvalue weighted by Gasteiger charge is 2.27. The van der Waals surface area contributed by atoms with Gasteiger partial charge in [-0.25, -0.2) is 8.42 Å².